The first-order valence-corrected chi connectivity index (χ1v) is 6.42. The third-order valence-corrected chi connectivity index (χ3v) is 3.21. The quantitative estimate of drug-likeness (QED) is 0.733. The highest BCUT2D eigenvalue weighted by Crippen LogP contribution is 2.24. The predicted molar refractivity (Wildman–Crippen MR) is 78.6 cm³/mol. The number of carbonyl (C=O) groups excluding carboxylic acids is 1. The molecule has 104 valence electrons. The molecule has 0 fully saturated rings. The Morgan fingerprint density at radius 3 is 2.76 bits per heavy atom. The standard InChI is InChI=1S/C16H12FN3O/c1-10-4-6-13(12-3-2-8-18-15(10)12)20-16(21)11-5-7-14(17)19-9-11/h2-9H,1H3,(H,20,21). The second kappa shape index (κ2) is 5.28. The van der Waals surface area contributed by atoms with E-state index < -0.39 is 5.95 Å². The number of pyridine rings is 2. The Hall–Kier alpha value is -2.82. The summed E-state index contributed by atoms with van der Waals surface area (Å²) in [6.45, 7) is 1.96. The van der Waals surface area contributed by atoms with Crippen molar-refractivity contribution in [2.75, 3.05) is 5.32 Å². The summed E-state index contributed by atoms with van der Waals surface area (Å²) >= 11 is 0. The highest BCUT2D eigenvalue weighted by Gasteiger charge is 2.10. The van der Waals surface area contributed by atoms with Crippen molar-refractivity contribution < 1.29 is 9.18 Å². The predicted octanol–water partition coefficient (Wildman–Crippen LogP) is 3.33. The maximum atomic E-state index is 12.8. The molecule has 1 N–H and O–H groups in total. The number of hydrogen-bond donors (Lipinski definition) is 1. The van der Waals surface area contributed by atoms with Gasteiger partial charge in [0.25, 0.3) is 5.91 Å². The molecular weight excluding hydrogens is 269 g/mol. The summed E-state index contributed by atoms with van der Waals surface area (Å²) in [7, 11) is 0. The van der Waals surface area contributed by atoms with Crippen molar-refractivity contribution in [3.63, 3.8) is 0 Å². The molecule has 0 saturated carbocycles. The Kier molecular flexibility index (Phi) is 3.31. The smallest absolute Gasteiger partial charge is 0.257 e. The fourth-order valence-electron chi connectivity index (χ4n) is 2.13. The first-order chi connectivity index (χ1) is 10.1. The van der Waals surface area contributed by atoms with Gasteiger partial charge in [-0.25, -0.2) is 4.98 Å². The van der Waals surface area contributed by atoms with E-state index in [4.69, 9.17) is 0 Å². The van der Waals surface area contributed by atoms with Crippen LogP contribution in [0.25, 0.3) is 10.9 Å². The first-order valence-electron chi connectivity index (χ1n) is 6.42. The Morgan fingerprint density at radius 2 is 2.00 bits per heavy atom. The summed E-state index contributed by atoms with van der Waals surface area (Å²) in [5, 5.41) is 3.67. The van der Waals surface area contributed by atoms with Gasteiger partial charge in [-0.05, 0) is 42.8 Å². The molecule has 0 bridgehead atoms. The number of carbonyl (C=O) groups is 1. The molecule has 2 aromatic heterocycles. The molecule has 3 aromatic rings. The van der Waals surface area contributed by atoms with E-state index in [-0.39, 0.29) is 5.91 Å². The second-order valence-corrected chi connectivity index (χ2v) is 4.65. The van der Waals surface area contributed by atoms with E-state index in [2.05, 4.69) is 15.3 Å². The number of fused-ring (bicyclic) bond motifs is 1. The lowest BCUT2D eigenvalue weighted by Gasteiger charge is -2.09. The fourth-order valence-corrected chi connectivity index (χ4v) is 2.13. The van der Waals surface area contributed by atoms with Gasteiger partial charge in [0.15, 0.2) is 0 Å². The summed E-state index contributed by atoms with van der Waals surface area (Å²) in [6.07, 6.45) is 2.92. The Labute approximate surface area is 120 Å². The van der Waals surface area contributed by atoms with Gasteiger partial charge >= 0.3 is 0 Å². The lowest BCUT2D eigenvalue weighted by atomic mass is 10.1. The van der Waals surface area contributed by atoms with E-state index >= 15 is 0 Å². The zero-order valence-corrected chi connectivity index (χ0v) is 11.3. The van der Waals surface area contributed by atoms with Crippen LogP contribution in [0.1, 0.15) is 15.9 Å². The summed E-state index contributed by atoms with van der Waals surface area (Å²) < 4.78 is 12.8. The molecule has 0 atom stereocenters. The van der Waals surface area contributed by atoms with Crippen LogP contribution in [0.3, 0.4) is 0 Å². The highest BCUT2D eigenvalue weighted by atomic mass is 19.1. The van der Waals surface area contributed by atoms with Crippen molar-refractivity contribution in [1.82, 2.24) is 9.97 Å². The summed E-state index contributed by atoms with van der Waals surface area (Å²) in [5.41, 5.74) is 2.84. The summed E-state index contributed by atoms with van der Waals surface area (Å²) in [5.74, 6) is -0.951. The largest absolute Gasteiger partial charge is 0.321 e. The number of amides is 1. The maximum Gasteiger partial charge on any atom is 0.257 e. The van der Waals surface area contributed by atoms with E-state index in [1.165, 1.54) is 12.3 Å². The molecular formula is C16H12FN3O. The van der Waals surface area contributed by atoms with Crippen LogP contribution < -0.4 is 5.32 Å². The minimum absolute atomic E-state index is 0.300. The highest BCUT2D eigenvalue weighted by molar-refractivity contribution is 6.08. The molecule has 0 aliphatic rings. The monoisotopic (exact) mass is 281 g/mol. The molecule has 0 aliphatic carbocycles. The molecule has 5 heteroatoms. The molecule has 4 nitrogen and oxygen atoms in total. The lowest BCUT2D eigenvalue weighted by molar-refractivity contribution is 0.102. The van der Waals surface area contributed by atoms with Crippen molar-refractivity contribution in [1.29, 1.82) is 0 Å². The zero-order chi connectivity index (χ0) is 14.8. The fraction of sp³-hybridized carbons (Fsp3) is 0.0625. The molecule has 1 aromatic carbocycles. The third-order valence-electron chi connectivity index (χ3n) is 3.21. The van der Waals surface area contributed by atoms with Crippen molar-refractivity contribution in [3.8, 4) is 0 Å². The van der Waals surface area contributed by atoms with Crippen molar-refractivity contribution in [2.24, 2.45) is 0 Å². The SMILES string of the molecule is Cc1ccc(NC(=O)c2ccc(F)nc2)c2cccnc12. The number of benzene rings is 1. The average Bonchev–Trinajstić information content (AvgIpc) is 2.51. The first kappa shape index (κ1) is 13.2. The zero-order valence-electron chi connectivity index (χ0n) is 11.3. The Bertz CT molecular complexity index is 815. The molecule has 21 heavy (non-hydrogen) atoms. The molecule has 1 amide bonds. The van der Waals surface area contributed by atoms with Gasteiger partial charge in [0, 0.05) is 17.8 Å². The number of nitrogens with one attached hydrogen (secondary N) is 1. The van der Waals surface area contributed by atoms with Crippen LogP contribution in [-0.4, -0.2) is 15.9 Å². The summed E-state index contributed by atoms with van der Waals surface area (Å²) in [4.78, 5) is 20.0. The van der Waals surface area contributed by atoms with E-state index in [0.29, 0.717) is 11.3 Å². The molecule has 0 spiro atoms. The Balaban J connectivity index is 1.97. The van der Waals surface area contributed by atoms with Crippen LogP contribution in [-0.2, 0) is 0 Å². The van der Waals surface area contributed by atoms with Gasteiger partial charge in [-0.1, -0.05) is 6.07 Å². The average molecular weight is 281 g/mol. The van der Waals surface area contributed by atoms with Crippen LogP contribution in [0.4, 0.5) is 10.1 Å². The molecule has 0 radical (unpaired) electrons. The number of anilines is 1. The van der Waals surface area contributed by atoms with Gasteiger partial charge < -0.3 is 5.32 Å². The number of aromatic nitrogens is 2. The van der Waals surface area contributed by atoms with Gasteiger partial charge in [-0.15, -0.1) is 0 Å². The molecule has 0 aliphatic heterocycles. The van der Waals surface area contributed by atoms with E-state index in [9.17, 15) is 9.18 Å². The van der Waals surface area contributed by atoms with Crippen molar-refractivity contribution >= 4 is 22.5 Å². The van der Waals surface area contributed by atoms with Crippen LogP contribution >= 0.6 is 0 Å². The van der Waals surface area contributed by atoms with Gasteiger partial charge in [-0.2, -0.15) is 4.39 Å². The molecule has 2 heterocycles. The Morgan fingerprint density at radius 1 is 1.14 bits per heavy atom. The molecule has 3 rings (SSSR count). The number of nitrogens with zero attached hydrogens (tertiary/aromatic N) is 2. The maximum absolute atomic E-state index is 12.8. The van der Waals surface area contributed by atoms with Gasteiger partial charge in [0.1, 0.15) is 0 Å². The van der Waals surface area contributed by atoms with Crippen LogP contribution in [0.5, 0.6) is 0 Å². The molecule has 0 saturated heterocycles. The number of halogens is 1. The number of aryl methyl sites for hydroxylation is 1. The summed E-state index contributed by atoms with van der Waals surface area (Å²) in [6, 6.07) is 9.99. The van der Waals surface area contributed by atoms with Crippen LogP contribution in [0.2, 0.25) is 0 Å². The number of hydrogen-bond acceptors (Lipinski definition) is 3. The topological polar surface area (TPSA) is 54.9 Å². The van der Waals surface area contributed by atoms with E-state index in [1.54, 1.807) is 6.20 Å². The van der Waals surface area contributed by atoms with Crippen molar-refractivity contribution in [3.05, 3.63) is 65.9 Å². The minimum Gasteiger partial charge on any atom is -0.321 e. The van der Waals surface area contributed by atoms with Crippen LogP contribution in [0, 0.1) is 12.9 Å². The number of rotatable bonds is 2. The van der Waals surface area contributed by atoms with Gasteiger partial charge in [0.2, 0.25) is 5.95 Å². The van der Waals surface area contributed by atoms with E-state index in [0.717, 1.165) is 22.5 Å². The minimum atomic E-state index is -0.614. The normalized spacial score (nSPS) is 10.6. The molecule has 0 unspecified atom stereocenters. The van der Waals surface area contributed by atoms with Gasteiger partial charge in [0.05, 0.1) is 16.8 Å². The second-order valence-electron chi connectivity index (χ2n) is 4.65. The van der Waals surface area contributed by atoms with Crippen LogP contribution in [0.15, 0.2) is 48.8 Å². The van der Waals surface area contributed by atoms with E-state index in [1.807, 2.05) is 31.2 Å². The van der Waals surface area contributed by atoms with Crippen molar-refractivity contribution in [2.45, 2.75) is 6.92 Å². The third kappa shape index (κ3) is 2.58. The van der Waals surface area contributed by atoms with Gasteiger partial charge in [-0.3, -0.25) is 9.78 Å². The lowest BCUT2D eigenvalue weighted by Crippen LogP contribution is -2.12.